The van der Waals surface area contributed by atoms with E-state index in [-0.39, 0.29) is 0 Å². The SMILES string of the molecule is COC1C(C)CC2=C(CC3c4ccccc4-c4ccccc43)C=CCC21. The van der Waals surface area contributed by atoms with Crippen molar-refractivity contribution in [1.29, 1.82) is 0 Å². The van der Waals surface area contributed by atoms with E-state index in [1.165, 1.54) is 28.7 Å². The van der Waals surface area contributed by atoms with Gasteiger partial charge in [0.1, 0.15) is 0 Å². The maximum absolute atomic E-state index is 5.86. The van der Waals surface area contributed by atoms with E-state index < -0.39 is 0 Å². The Morgan fingerprint density at radius 1 is 0.962 bits per heavy atom. The van der Waals surface area contributed by atoms with Crippen molar-refractivity contribution >= 4 is 0 Å². The number of hydrogen-bond donors (Lipinski definition) is 0. The minimum Gasteiger partial charge on any atom is -0.381 e. The zero-order chi connectivity index (χ0) is 17.7. The van der Waals surface area contributed by atoms with Gasteiger partial charge in [-0.05, 0) is 53.0 Å². The number of allylic oxidation sites excluding steroid dienone is 3. The van der Waals surface area contributed by atoms with Gasteiger partial charge in [0, 0.05) is 18.9 Å². The van der Waals surface area contributed by atoms with Gasteiger partial charge in [-0.1, -0.05) is 73.2 Å². The molecule has 3 unspecified atom stereocenters. The molecule has 3 aliphatic rings. The van der Waals surface area contributed by atoms with Gasteiger partial charge in [0.05, 0.1) is 6.10 Å². The van der Waals surface area contributed by atoms with E-state index >= 15 is 0 Å². The number of methoxy groups -OCH3 is 1. The van der Waals surface area contributed by atoms with Crippen LogP contribution < -0.4 is 0 Å². The molecule has 1 fully saturated rings. The van der Waals surface area contributed by atoms with E-state index in [0.717, 1.165) is 12.8 Å². The van der Waals surface area contributed by atoms with Gasteiger partial charge < -0.3 is 4.74 Å². The molecule has 26 heavy (non-hydrogen) atoms. The minimum absolute atomic E-state index is 0.383. The van der Waals surface area contributed by atoms with Crippen molar-refractivity contribution in [2.75, 3.05) is 7.11 Å². The van der Waals surface area contributed by atoms with Crippen LogP contribution in [0.2, 0.25) is 0 Å². The maximum Gasteiger partial charge on any atom is 0.0668 e. The summed E-state index contributed by atoms with van der Waals surface area (Å²) in [5.41, 5.74) is 9.05. The van der Waals surface area contributed by atoms with E-state index in [9.17, 15) is 0 Å². The summed E-state index contributed by atoms with van der Waals surface area (Å²) in [5.74, 6) is 1.69. The molecule has 0 spiro atoms. The summed E-state index contributed by atoms with van der Waals surface area (Å²) < 4.78 is 5.86. The van der Waals surface area contributed by atoms with Crippen molar-refractivity contribution < 1.29 is 4.74 Å². The third-order valence-corrected chi connectivity index (χ3v) is 6.73. The Bertz CT molecular complexity index is 858. The third kappa shape index (κ3) is 2.34. The molecule has 3 aliphatic carbocycles. The Balaban J connectivity index is 1.56. The van der Waals surface area contributed by atoms with E-state index in [2.05, 4.69) is 67.6 Å². The lowest BCUT2D eigenvalue weighted by Gasteiger charge is -2.25. The molecule has 1 heteroatoms. The second-order valence-corrected chi connectivity index (χ2v) is 8.11. The van der Waals surface area contributed by atoms with Gasteiger partial charge in [-0.3, -0.25) is 0 Å². The van der Waals surface area contributed by atoms with Crippen LogP contribution >= 0.6 is 0 Å². The topological polar surface area (TPSA) is 9.23 Å². The second-order valence-electron chi connectivity index (χ2n) is 8.11. The highest BCUT2D eigenvalue weighted by Gasteiger charge is 2.40. The molecule has 0 bridgehead atoms. The van der Waals surface area contributed by atoms with Crippen LogP contribution in [0.3, 0.4) is 0 Å². The molecule has 0 aliphatic heterocycles. The van der Waals surface area contributed by atoms with E-state index in [0.29, 0.717) is 23.9 Å². The third-order valence-electron chi connectivity index (χ3n) is 6.73. The molecule has 0 aromatic heterocycles. The summed E-state index contributed by atoms with van der Waals surface area (Å²) in [5, 5.41) is 0. The largest absolute Gasteiger partial charge is 0.381 e. The molecule has 5 rings (SSSR count). The summed E-state index contributed by atoms with van der Waals surface area (Å²) >= 11 is 0. The zero-order valence-electron chi connectivity index (χ0n) is 15.6. The number of fused-ring (bicyclic) bond motifs is 4. The summed E-state index contributed by atoms with van der Waals surface area (Å²) in [6.07, 6.45) is 8.60. The van der Waals surface area contributed by atoms with Crippen LogP contribution in [0.5, 0.6) is 0 Å². The zero-order valence-corrected chi connectivity index (χ0v) is 15.6. The van der Waals surface area contributed by atoms with Crippen LogP contribution in [0.15, 0.2) is 71.8 Å². The average Bonchev–Trinajstić information content (AvgIpc) is 3.17. The fourth-order valence-corrected chi connectivity index (χ4v) is 5.61. The Hall–Kier alpha value is -2.12. The fourth-order valence-electron chi connectivity index (χ4n) is 5.61. The number of hydrogen-bond acceptors (Lipinski definition) is 1. The molecular weight excluding hydrogens is 316 g/mol. The van der Waals surface area contributed by atoms with E-state index in [4.69, 9.17) is 4.74 Å². The van der Waals surface area contributed by atoms with Gasteiger partial charge in [0.15, 0.2) is 0 Å². The molecule has 1 saturated carbocycles. The first-order valence-corrected chi connectivity index (χ1v) is 9.87. The molecular formula is C25H26O. The summed E-state index contributed by atoms with van der Waals surface area (Å²) in [4.78, 5) is 0. The molecule has 132 valence electrons. The van der Waals surface area contributed by atoms with Crippen LogP contribution in [0.25, 0.3) is 11.1 Å². The van der Waals surface area contributed by atoms with E-state index in [1.54, 1.807) is 11.1 Å². The first kappa shape index (κ1) is 16.1. The van der Waals surface area contributed by atoms with Crippen LogP contribution in [0.1, 0.15) is 43.2 Å². The molecule has 2 aromatic carbocycles. The molecule has 0 saturated heterocycles. The van der Waals surface area contributed by atoms with Crippen molar-refractivity contribution in [3.05, 3.63) is 83.0 Å². The molecule has 3 atom stereocenters. The van der Waals surface area contributed by atoms with Crippen LogP contribution in [0.4, 0.5) is 0 Å². The normalized spacial score (nSPS) is 26.8. The van der Waals surface area contributed by atoms with Crippen LogP contribution in [0, 0.1) is 11.8 Å². The van der Waals surface area contributed by atoms with Gasteiger partial charge in [-0.15, -0.1) is 0 Å². The predicted molar refractivity (Wildman–Crippen MR) is 107 cm³/mol. The summed E-state index contributed by atoms with van der Waals surface area (Å²) in [7, 11) is 1.88. The van der Waals surface area contributed by atoms with Crippen molar-refractivity contribution in [2.45, 2.75) is 38.2 Å². The molecule has 1 nitrogen and oxygen atoms in total. The quantitative estimate of drug-likeness (QED) is 0.653. The van der Waals surface area contributed by atoms with Gasteiger partial charge in [-0.2, -0.15) is 0 Å². The van der Waals surface area contributed by atoms with Gasteiger partial charge >= 0.3 is 0 Å². The monoisotopic (exact) mass is 342 g/mol. The predicted octanol–water partition coefficient (Wildman–Crippen LogP) is 6.12. The molecule has 0 heterocycles. The smallest absolute Gasteiger partial charge is 0.0668 e. The van der Waals surface area contributed by atoms with Crippen molar-refractivity contribution in [3.8, 4) is 11.1 Å². The minimum atomic E-state index is 0.383. The number of benzene rings is 2. The highest BCUT2D eigenvalue weighted by atomic mass is 16.5. The Kier molecular flexibility index (Phi) is 3.86. The summed E-state index contributed by atoms with van der Waals surface area (Å²) in [6, 6.07) is 17.9. The maximum atomic E-state index is 5.86. The highest BCUT2D eigenvalue weighted by molar-refractivity contribution is 5.79. The molecule has 0 radical (unpaired) electrons. The molecule has 2 aromatic rings. The Morgan fingerprint density at radius 2 is 1.62 bits per heavy atom. The average molecular weight is 342 g/mol. The lowest BCUT2D eigenvalue weighted by molar-refractivity contribution is 0.0478. The first-order valence-electron chi connectivity index (χ1n) is 9.87. The van der Waals surface area contributed by atoms with Gasteiger partial charge in [0.25, 0.3) is 0 Å². The van der Waals surface area contributed by atoms with Gasteiger partial charge in [0.2, 0.25) is 0 Å². The number of ether oxygens (including phenoxy) is 1. The van der Waals surface area contributed by atoms with Crippen molar-refractivity contribution in [3.63, 3.8) is 0 Å². The lowest BCUT2D eigenvalue weighted by atomic mass is 9.82. The fraction of sp³-hybridized carbons (Fsp3) is 0.360. The van der Waals surface area contributed by atoms with Crippen LogP contribution in [-0.4, -0.2) is 13.2 Å². The summed E-state index contributed by atoms with van der Waals surface area (Å²) in [6.45, 7) is 2.34. The highest BCUT2D eigenvalue weighted by Crippen LogP contribution is 2.50. The number of rotatable bonds is 3. The molecule has 0 amide bonds. The Labute approximate surface area is 156 Å². The van der Waals surface area contributed by atoms with Crippen molar-refractivity contribution in [2.24, 2.45) is 11.8 Å². The second kappa shape index (κ2) is 6.25. The Morgan fingerprint density at radius 3 is 2.27 bits per heavy atom. The lowest BCUT2D eigenvalue weighted by Crippen LogP contribution is -2.23. The first-order chi connectivity index (χ1) is 12.8. The standard InChI is InChI=1S/C25H26O/c1-16-14-23-17(8-7-13-22(23)25(16)26-2)15-24-20-11-5-3-9-18(20)19-10-4-6-12-21(19)24/h3-12,16,22,24-25H,13-15H2,1-2H3. The molecule has 0 N–H and O–H groups in total. The van der Waals surface area contributed by atoms with Crippen molar-refractivity contribution in [1.82, 2.24) is 0 Å². The van der Waals surface area contributed by atoms with Gasteiger partial charge in [-0.25, -0.2) is 0 Å². The van der Waals surface area contributed by atoms with Crippen LogP contribution in [-0.2, 0) is 4.74 Å². The van der Waals surface area contributed by atoms with E-state index in [1.807, 2.05) is 7.11 Å².